The van der Waals surface area contributed by atoms with E-state index in [1.807, 2.05) is 42.6 Å². The zero-order valence-corrected chi connectivity index (χ0v) is 25.2. The van der Waals surface area contributed by atoms with E-state index >= 15 is 0 Å². The van der Waals surface area contributed by atoms with Crippen LogP contribution in [0.3, 0.4) is 0 Å². The summed E-state index contributed by atoms with van der Waals surface area (Å²) >= 11 is 0. The maximum atomic E-state index is 13.6. The number of aromatic amines is 1. The van der Waals surface area contributed by atoms with Crippen LogP contribution in [0.2, 0.25) is 0 Å². The predicted octanol–water partition coefficient (Wildman–Crippen LogP) is 3.57. The summed E-state index contributed by atoms with van der Waals surface area (Å²) in [5, 5.41) is 20.6. The quantitative estimate of drug-likeness (QED) is 0.175. The Kier molecular flexibility index (Phi) is 9.19. The van der Waals surface area contributed by atoms with Crippen LogP contribution in [0.15, 0.2) is 79.0 Å². The lowest BCUT2D eigenvalue weighted by atomic mass is 10.0. The molecular weight excluding hydrogens is 554 g/mol. The van der Waals surface area contributed by atoms with E-state index in [4.69, 9.17) is 19.7 Å². The molecule has 0 spiro atoms. The number of carbonyl (C=O) groups is 1. The zero-order chi connectivity index (χ0) is 30.3. The van der Waals surface area contributed by atoms with E-state index in [-0.39, 0.29) is 11.9 Å². The van der Waals surface area contributed by atoms with Crippen LogP contribution in [0, 0.1) is 0 Å². The van der Waals surface area contributed by atoms with Crippen molar-refractivity contribution in [3.63, 3.8) is 0 Å². The molecule has 1 amide bonds. The number of hydrogen-bond donors (Lipinski definition) is 4. The molecule has 1 fully saturated rings. The summed E-state index contributed by atoms with van der Waals surface area (Å²) in [6.07, 6.45) is 4.08. The number of nitrogens with one attached hydrogen (secondary N) is 4. The Balaban J connectivity index is 1.39. The van der Waals surface area contributed by atoms with Crippen LogP contribution in [-0.2, 0) is 30.6 Å². The number of H-pyrrole nitrogens is 1. The van der Waals surface area contributed by atoms with Crippen molar-refractivity contribution in [2.75, 3.05) is 33.9 Å². The summed E-state index contributed by atoms with van der Waals surface area (Å²) in [6.45, 7) is 2.63. The van der Waals surface area contributed by atoms with E-state index in [1.54, 1.807) is 14.2 Å². The first-order valence-electron chi connectivity index (χ1n) is 15.1. The number of nitrogens with zero attached hydrogens (tertiary/aromatic N) is 3. The SMILES string of the molecule is COc1ccc(Cn2c(CCc3ccccc3)nnc2C(Cc2c[nH]c3ccccc23)NC(=O)C2CNCCN2)c(OC)c1. The number of amides is 1. The Morgan fingerprint density at radius 3 is 2.61 bits per heavy atom. The van der Waals surface area contributed by atoms with Gasteiger partial charge in [-0.25, -0.2) is 0 Å². The molecule has 5 aromatic rings. The number of hydrogen-bond acceptors (Lipinski definition) is 7. The van der Waals surface area contributed by atoms with E-state index in [0.29, 0.717) is 37.5 Å². The number of methoxy groups -OCH3 is 2. The van der Waals surface area contributed by atoms with Crippen molar-refractivity contribution < 1.29 is 14.3 Å². The van der Waals surface area contributed by atoms with Gasteiger partial charge in [0.2, 0.25) is 5.91 Å². The van der Waals surface area contributed by atoms with Gasteiger partial charge in [0, 0.05) is 61.2 Å². The third-order valence-electron chi connectivity index (χ3n) is 8.24. The summed E-state index contributed by atoms with van der Waals surface area (Å²) < 4.78 is 13.3. The van der Waals surface area contributed by atoms with Crippen molar-refractivity contribution in [1.82, 2.24) is 35.7 Å². The minimum Gasteiger partial charge on any atom is -0.497 e. The maximum absolute atomic E-state index is 13.6. The fraction of sp³-hybridized carbons (Fsp3) is 0.324. The number of aryl methyl sites for hydroxylation is 2. The molecule has 1 saturated heterocycles. The van der Waals surface area contributed by atoms with Gasteiger partial charge in [-0.15, -0.1) is 10.2 Å². The molecule has 44 heavy (non-hydrogen) atoms. The largest absolute Gasteiger partial charge is 0.497 e. The predicted molar refractivity (Wildman–Crippen MR) is 170 cm³/mol. The number of piperazine rings is 1. The smallest absolute Gasteiger partial charge is 0.239 e. The van der Waals surface area contributed by atoms with Gasteiger partial charge < -0.3 is 35.0 Å². The number of benzene rings is 3. The number of fused-ring (bicyclic) bond motifs is 1. The molecular formula is C34H39N7O3. The summed E-state index contributed by atoms with van der Waals surface area (Å²) in [6, 6.07) is 23.7. The van der Waals surface area contributed by atoms with Crippen molar-refractivity contribution >= 4 is 16.8 Å². The van der Waals surface area contributed by atoms with Crippen LogP contribution >= 0.6 is 0 Å². The first kappa shape index (κ1) is 29.4. The highest BCUT2D eigenvalue weighted by molar-refractivity contribution is 5.84. The molecule has 0 radical (unpaired) electrons. The molecule has 3 heterocycles. The minimum atomic E-state index is -0.423. The molecule has 0 aliphatic carbocycles. The lowest BCUT2D eigenvalue weighted by Crippen LogP contribution is -2.56. The Labute approximate surface area is 257 Å². The number of ether oxygens (including phenoxy) is 2. The van der Waals surface area contributed by atoms with Gasteiger partial charge in [-0.05, 0) is 35.7 Å². The van der Waals surface area contributed by atoms with Crippen LogP contribution in [0.1, 0.15) is 34.4 Å². The van der Waals surface area contributed by atoms with E-state index in [9.17, 15) is 4.79 Å². The number of rotatable bonds is 12. The van der Waals surface area contributed by atoms with E-state index < -0.39 is 6.04 Å². The first-order chi connectivity index (χ1) is 21.6. The highest BCUT2D eigenvalue weighted by Gasteiger charge is 2.29. The van der Waals surface area contributed by atoms with Crippen LogP contribution < -0.4 is 25.4 Å². The lowest BCUT2D eigenvalue weighted by molar-refractivity contribution is -0.124. The monoisotopic (exact) mass is 593 g/mol. The van der Waals surface area contributed by atoms with Gasteiger partial charge in [-0.2, -0.15) is 0 Å². The molecule has 0 bridgehead atoms. The van der Waals surface area contributed by atoms with Gasteiger partial charge in [-0.3, -0.25) is 4.79 Å². The van der Waals surface area contributed by atoms with Crippen molar-refractivity contribution in [2.45, 2.75) is 37.9 Å². The molecule has 10 nitrogen and oxygen atoms in total. The molecule has 2 atom stereocenters. The van der Waals surface area contributed by atoms with Crippen LogP contribution in [-0.4, -0.2) is 65.6 Å². The van der Waals surface area contributed by atoms with E-state index in [2.05, 4.69) is 61.9 Å². The fourth-order valence-corrected chi connectivity index (χ4v) is 5.86. The third kappa shape index (κ3) is 6.61. The fourth-order valence-electron chi connectivity index (χ4n) is 5.86. The molecule has 6 rings (SSSR count). The molecule has 228 valence electrons. The summed E-state index contributed by atoms with van der Waals surface area (Å²) in [7, 11) is 3.30. The Morgan fingerprint density at radius 1 is 0.977 bits per heavy atom. The summed E-state index contributed by atoms with van der Waals surface area (Å²) in [5.74, 6) is 2.92. The van der Waals surface area contributed by atoms with Crippen molar-refractivity contribution in [2.24, 2.45) is 0 Å². The van der Waals surface area contributed by atoms with Crippen molar-refractivity contribution in [3.8, 4) is 11.5 Å². The van der Waals surface area contributed by atoms with Crippen molar-refractivity contribution in [3.05, 3.63) is 107 Å². The average Bonchev–Trinajstić information content (AvgIpc) is 3.68. The summed E-state index contributed by atoms with van der Waals surface area (Å²) in [4.78, 5) is 17.0. The second-order valence-electron chi connectivity index (χ2n) is 11.1. The van der Waals surface area contributed by atoms with E-state index in [1.165, 1.54) is 5.56 Å². The van der Waals surface area contributed by atoms with Crippen LogP contribution in [0.25, 0.3) is 10.9 Å². The van der Waals surface area contributed by atoms with Crippen LogP contribution in [0.5, 0.6) is 11.5 Å². The molecule has 2 unspecified atom stereocenters. The molecule has 1 aliphatic heterocycles. The molecule has 10 heteroatoms. The minimum absolute atomic E-state index is 0.0653. The van der Waals surface area contributed by atoms with Gasteiger partial charge in [0.25, 0.3) is 0 Å². The Morgan fingerprint density at radius 2 is 1.82 bits per heavy atom. The zero-order valence-electron chi connectivity index (χ0n) is 25.2. The molecule has 4 N–H and O–H groups in total. The molecule has 3 aromatic carbocycles. The van der Waals surface area contributed by atoms with Crippen LogP contribution in [0.4, 0.5) is 0 Å². The summed E-state index contributed by atoms with van der Waals surface area (Å²) in [5.41, 5.74) is 4.34. The Bertz CT molecular complexity index is 1690. The normalized spacial score (nSPS) is 15.6. The topological polar surface area (TPSA) is 118 Å². The molecule has 2 aromatic heterocycles. The number of para-hydroxylation sites is 1. The third-order valence-corrected chi connectivity index (χ3v) is 8.24. The highest BCUT2D eigenvalue weighted by atomic mass is 16.5. The molecule has 0 saturated carbocycles. The van der Waals surface area contributed by atoms with E-state index in [0.717, 1.165) is 53.1 Å². The van der Waals surface area contributed by atoms with Gasteiger partial charge >= 0.3 is 0 Å². The van der Waals surface area contributed by atoms with Gasteiger partial charge in [0.05, 0.1) is 32.8 Å². The molecule has 1 aliphatic rings. The maximum Gasteiger partial charge on any atom is 0.239 e. The van der Waals surface area contributed by atoms with Gasteiger partial charge in [-0.1, -0.05) is 48.5 Å². The first-order valence-corrected chi connectivity index (χ1v) is 15.1. The Hall–Kier alpha value is -4.67. The lowest BCUT2D eigenvalue weighted by Gasteiger charge is -2.27. The van der Waals surface area contributed by atoms with Crippen molar-refractivity contribution in [1.29, 1.82) is 0 Å². The second-order valence-corrected chi connectivity index (χ2v) is 11.1. The average molecular weight is 594 g/mol. The second kappa shape index (κ2) is 13.7. The van der Waals surface area contributed by atoms with Gasteiger partial charge in [0.1, 0.15) is 17.3 Å². The number of aromatic nitrogens is 4. The number of carbonyl (C=O) groups excluding carboxylic acids is 1. The highest BCUT2D eigenvalue weighted by Crippen LogP contribution is 2.29. The van der Waals surface area contributed by atoms with Gasteiger partial charge in [0.15, 0.2) is 5.82 Å². The standard InChI is InChI=1S/C34H39N7O3/c1-43-26-14-13-24(31(19-26)44-2)22-41-32(15-12-23-8-4-3-5-9-23)39-40-33(41)29(38-34(42)30-21-35-16-17-36-30)18-25-20-37-28-11-7-6-10-27(25)28/h3-11,13-14,19-20,29-30,35-37H,12,15-18,21-22H2,1-2H3,(H,38,42).